The van der Waals surface area contributed by atoms with Gasteiger partial charge < -0.3 is 15.6 Å². The summed E-state index contributed by atoms with van der Waals surface area (Å²) in [4.78, 5) is 14.9. The van der Waals surface area contributed by atoms with Gasteiger partial charge in [0.15, 0.2) is 0 Å². The van der Waals surface area contributed by atoms with Gasteiger partial charge in [0.05, 0.1) is 11.7 Å². The molecule has 1 rings (SSSR count). The van der Waals surface area contributed by atoms with Crippen LogP contribution in [0.15, 0.2) is 12.3 Å². The first-order chi connectivity index (χ1) is 9.06. The minimum atomic E-state index is -1.07. The molecule has 1 atom stereocenters. The van der Waals surface area contributed by atoms with Crippen LogP contribution in [0.3, 0.4) is 0 Å². The first-order valence-corrected chi connectivity index (χ1v) is 6.70. The number of carboxylic acid groups (broad SMARTS) is 1. The number of carbonyl (C=O) groups is 1. The quantitative estimate of drug-likeness (QED) is 0.706. The Balaban J connectivity index is 2.57. The van der Waals surface area contributed by atoms with E-state index in [4.69, 9.17) is 15.6 Å². The molecule has 3 N–H and O–H groups in total. The smallest absolute Gasteiger partial charge is 0.338 e. The van der Waals surface area contributed by atoms with E-state index in [9.17, 15) is 4.79 Å². The number of ether oxygens (including phenoxy) is 1. The van der Waals surface area contributed by atoms with Gasteiger partial charge in [0.2, 0.25) is 5.88 Å². The van der Waals surface area contributed by atoms with Crippen molar-refractivity contribution >= 4 is 11.7 Å². The molecule has 0 aliphatic carbocycles. The summed E-state index contributed by atoms with van der Waals surface area (Å²) in [5.41, 5.74) is 5.86. The summed E-state index contributed by atoms with van der Waals surface area (Å²) in [5, 5.41) is 8.96. The zero-order valence-corrected chi connectivity index (χ0v) is 11.6. The molecule has 0 bridgehead atoms. The van der Waals surface area contributed by atoms with E-state index in [2.05, 4.69) is 11.9 Å². The van der Waals surface area contributed by atoms with Crippen LogP contribution in [0, 0.1) is 0 Å². The standard InChI is InChI=1S/C14H22N2O3/c1-3-4-5-6-7-10(2)19-13-12(15)11(14(17)18)8-9-16-13/h8-10H,3-7,15H2,1-2H3,(H,17,18). The Morgan fingerprint density at radius 1 is 1.47 bits per heavy atom. The van der Waals surface area contributed by atoms with Crippen molar-refractivity contribution in [1.82, 2.24) is 4.98 Å². The van der Waals surface area contributed by atoms with Gasteiger partial charge >= 0.3 is 5.97 Å². The lowest BCUT2D eigenvalue weighted by atomic mass is 10.1. The van der Waals surface area contributed by atoms with Crippen LogP contribution in [-0.4, -0.2) is 22.2 Å². The molecule has 106 valence electrons. The maximum absolute atomic E-state index is 10.9. The number of nitrogen functional groups attached to an aromatic ring is 1. The average Bonchev–Trinajstić information content (AvgIpc) is 2.37. The first-order valence-electron chi connectivity index (χ1n) is 6.70. The molecule has 0 spiro atoms. The van der Waals surface area contributed by atoms with Gasteiger partial charge in [0.1, 0.15) is 5.69 Å². The number of rotatable bonds is 8. The number of carboxylic acids is 1. The molecular formula is C14H22N2O3. The monoisotopic (exact) mass is 266 g/mol. The lowest BCUT2D eigenvalue weighted by Crippen LogP contribution is -2.15. The zero-order valence-electron chi connectivity index (χ0n) is 11.6. The largest absolute Gasteiger partial charge is 0.478 e. The SMILES string of the molecule is CCCCCCC(C)Oc1nccc(C(=O)O)c1N. The molecule has 0 fully saturated rings. The fraction of sp³-hybridized carbons (Fsp3) is 0.571. The van der Waals surface area contributed by atoms with E-state index in [0.717, 1.165) is 12.8 Å². The minimum Gasteiger partial charge on any atom is -0.478 e. The Morgan fingerprint density at radius 3 is 2.84 bits per heavy atom. The summed E-state index contributed by atoms with van der Waals surface area (Å²) in [6.45, 7) is 4.11. The van der Waals surface area contributed by atoms with Crippen molar-refractivity contribution in [2.45, 2.75) is 52.1 Å². The van der Waals surface area contributed by atoms with Gasteiger partial charge in [0.25, 0.3) is 0 Å². The lowest BCUT2D eigenvalue weighted by Gasteiger charge is -2.15. The molecule has 0 radical (unpaired) electrons. The fourth-order valence-electron chi connectivity index (χ4n) is 1.84. The van der Waals surface area contributed by atoms with Crippen LogP contribution in [0.5, 0.6) is 5.88 Å². The number of hydrogen-bond donors (Lipinski definition) is 2. The van der Waals surface area contributed by atoms with Crippen molar-refractivity contribution < 1.29 is 14.6 Å². The summed E-state index contributed by atoms with van der Waals surface area (Å²) in [5.74, 6) is -0.858. The molecule has 1 heterocycles. The molecule has 19 heavy (non-hydrogen) atoms. The molecule has 1 aromatic heterocycles. The number of aromatic nitrogens is 1. The Labute approximate surface area is 113 Å². The number of pyridine rings is 1. The second kappa shape index (κ2) is 7.61. The Morgan fingerprint density at radius 2 is 2.21 bits per heavy atom. The third-order valence-electron chi connectivity index (χ3n) is 2.96. The molecule has 5 nitrogen and oxygen atoms in total. The van der Waals surface area contributed by atoms with Gasteiger partial charge in [-0.3, -0.25) is 0 Å². The van der Waals surface area contributed by atoms with Crippen molar-refractivity contribution in [2.75, 3.05) is 5.73 Å². The highest BCUT2D eigenvalue weighted by Gasteiger charge is 2.15. The van der Waals surface area contributed by atoms with Crippen molar-refractivity contribution in [3.8, 4) is 5.88 Å². The molecule has 0 aliphatic heterocycles. The summed E-state index contributed by atoms with van der Waals surface area (Å²) in [6, 6.07) is 1.37. The number of hydrogen-bond acceptors (Lipinski definition) is 4. The molecule has 5 heteroatoms. The predicted octanol–water partition coefficient (Wildman–Crippen LogP) is 3.10. The average molecular weight is 266 g/mol. The van der Waals surface area contributed by atoms with Crippen LogP contribution in [0.4, 0.5) is 5.69 Å². The normalized spacial score (nSPS) is 12.1. The zero-order chi connectivity index (χ0) is 14.3. The van der Waals surface area contributed by atoms with E-state index in [1.54, 1.807) is 0 Å². The third-order valence-corrected chi connectivity index (χ3v) is 2.96. The van der Waals surface area contributed by atoms with E-state index < -0.39 is 5.97 Å². The van der Waals surface area contributed by atoms with Crippen LogP contribution in [0.1, 0.15) is 56.3 Å². The first kappa shape index (κ1) is 15.3. The van der Waals surface area contributed by atoms with Crippen molar-refractivity contribution in [1.29, 1.82) is 0 Å². The molecule has 0 amide bonds. The molecule has 1 aromatic rings. The van der Waals surface area contributed by atoms with E-state index in [0.29, 0.717) is 0 Å². The van der Waals surface area contributed by atoms with Gasteiger partial charge in [-0.25, -0.2) is 9.78 Å². The topological polar surface area (TPSA) is 85.4 Å². The van der Waals surface area contributed by atoms with Crippen molar-refractivity contribution in [3.05, 3.63) is 17.8 Å². The van der Waals surface area contributed by atoms with Crippen LogP contribution >= 0.6 is 0 Å². The molecule has 0 saturated carbocycles. The van der Waals surface area contributed by atoms with Gasteiger partial charge in [-0.2, -0.15) is 0 Å². The van der Waals surface area contributed by atoms with E-state index in [1.165, 1.54) is 31.5 Å². The van der Waals surface area contributed by atoms with Gasteiger partial charge in [-0.15, -0.1) is 0 Å². The van der Waals surface area contributed by atoms with Gasteiger partial charge in [-0.1, -0.05) is 26.2 Å². The van der Waals surface area contributed by atoms with Crippen LogP contribution in [0.25, 0.3) is 0 Å². The summed E-state index contributed by atoms with van der Waals surface area (Å²) < 4.78 is 5.62. The Bertz CT molecular complexity index is 421. The van der Waals surface area contributed by atoms with E-state index in [1.807, 2.05) is 6.92 Å². The fourth-order valence-corrected chi connectivity index (χ4v) is 1.84. The number of anilines is 1. The summed E-state index contributed by atoms with van der Waals surface area (Å²) in [7, 11) is 0. The van der Waals surface area contributed by atoms with E-state index in [-0.39, 0.29) is 23.2 Å². The Kier molecular flexibility index (Phi) is 6.12. The van der Waals surface area contributed by atoms with Crippen LogP contribution in [-0.2, 0) is 0 Å². The summed E-state index contributed by atoms with van der Waals surface area (Å²) >= 11 is 0. The number of unbranched alkanes of at least 4 members (excludes halogenated alkanes) is 3. The summed E-state index contributed by atoms with van der Waals surface area (Å²) in [6.07, 6.45) is 7.00. The minimum absolute atomic E-state index is 0.0179. The number of aromatic carboxylic acids is 1. The maximum atomic E-state index is 10.9. The van der Waals surface area contributed by atoms with Crippen LogP contribution < -0.4 is 10.5 Å². The van der Waals surface area contributed by atoms with E-state index >= 15 is 0 Å². The van der Waals surface area contributed by atoms with Crippen LogP contribution in [0.2, 0.25) is 0 Å². The molecule has 0 saturated heterocycles. The molecule has 0 aliphatic rings. The molecule has 1 unspecified atom stereocenters. The second-order valence-electron chi connectivity index (χ2n) is 4.66. The maximum Gasteiger partial charge on any atom is 0.338 e. The van der Waals surface area contributed by atoms with Gasteiger partial charge in [0, 0.05) is 6.20 Å². The van der Waals surface area contributed by atoms with Gasteiger partial charge in [-0.05, 0) is 25.8 Å². The highest BCUT2D eigenvalue weighted by Crippen LogP contribution is 2.24. The number of nitrogens with two attached hydrogens (primary N) is 1. The number of nitrogens with zero attached hydrogens (tertiary/aromatic N) is 1. The third kappa shape index (κ3) is 4.77. The molecular weight excluding hydrogens is 244 g/mol. The highest BCUT2D eigenvalue weighted by atomic mass is 16.5. The molecule has 0 aromatic carbocycles. The lowest BCUT2D eigenvalue weighted by molar-refractivity contribution is 0.0697. The highest BCUT2D eigenvalue weighted by molar-refractivity contribution is 5.94. The predicted molar refractivity (Wildman–Crippen MR) is 74.5 cm³/mol. The van der Waals surface area contributed by atoms with Crippen molar-refractivity contribution in [3.63, 3.8) is 0 Å². The second-order valence-corrected chi connectivity index (χ2v) is 4.66. The van der Waals surface area contributed by atoms with Crippen molar-refractivity contribution in [2.24, 2.45) is 0 Å². The Hall–Kier alpha value is -1.78.